The summed E-state index contributed by atoms with van der Waals surface area (Å²) in [4.78, 5) is 5.19. The first kappa shape index (κ1) is 14.9. The molecule has 1 aliphatic carbocycles. The fourth-order valence-corrected chi connectivity index (χ4v) is 3.90. The van der Waals surface area contributed by atoms with Crippen molar-refractivity contribution >= 4 is 5.69 Å². The van der Waals surface area contributed by atoms with E-state index in [4.69, 9.17) is 5.73 Å². The third-order valence-corrected chi connectivity index (χ3v) is 5.17. The molecule has 0 bridgehead atoms. The van der Waals surface area contributed by atoms with Crippen molar-refractivity contribution in [3.8, 4) is 0 Å². The van der Waals surface area contributed by atoms with E-state index in [0.717, 1.165) is 19.0 Å². The SMILES string of the molecule is NCc1ccccc1N1CCN(CC2CCCCC2)CC1. The predicted molar refractivity (Wildman–Crippen MR) is 89.6 cm³/mol. The highest BCUT2D eigenvalue weighted by Gasteiger charge is 2.22. The molecule has 0 unspecified atom stereocenters. The van der Waals surface area contributed by atoms with Crippen molar-refractivity contribution in [3.05, 3.63) is 29.8 Å². The van der Waals surface area contributed by atoms with Crippen LogP contribution in [-0.4, -0.2) is 37.6 Å². The van der Waals surface area contributed by atoms with Crippen LogP contribution in [0, 0.1) is 5.92 Å². The van der Waals surface area contributed by atoms with Crippen molar-refractivity contribution in [2.75, 3.05) is 37.6 Å². The molecule has 1 aromatic rings. The fraction of sp³-hybridized carbons (Fsp3) is 0.667. The molecule has 1 heterocycles. The third kappa shape index (κ3) is 3.78. The summed E-state index contributed by atoms with van der Waals surface area (Å²) in [5.74, 6) is 0.960. The first-order valence-electron chi connectivity index (χ1n) is 8.62. The van der Waals surface area contributed by atoms with Gasteiger partial charge in [-0.1, -0.05) is 37.5 Å². The topological polar surface area (TPSA) is 32.5 Å². The Balaban J connectivity index is 1.52. The number of benzene rings is 1. The van der Waals surface area contributed by atoms with Gasteiger partial charge in [0.05, 0.1) is 0 Å². The van der Waals surface area contributed by atoms with Gasteiger partial charge in [-0.2, -0.15) is 0 Å². The highest BCUT2D eigenvalue weighted by molar-refractivity contribution is 5.53. The maximum Gasteiger partial charge on any atom is 0.0412 e. The molecule has 2 N–H and O–H groups in total. The Morgan fingerprint density at radius 3 is 2.38 bits per heavy atom. The van der Waals surface area contributed by atoms with E-state index < -0.39 is 0 Å². The summed E-state index contributed by atoms with van der Waals surface area (Å²) < 4.78 is 0. The second kappa shape index (κ2) is 7.28. The number of anilines is 1. The minimum absolute atomic E-state index is 0.637. The van der Waals surface area contributed by atoms with Crippen LogP contribution >= 0.6 is 0 Å². The molecule has 0 spiro atoms. The Labute approximate surface area is 129 Å². The van der Waals surface area contributed by atoms with Gasteiger partial charge in [-0.05, 0) is 30.4 Å². The summed E-state index contributed by atoms with van der Waals surface area (Å²) in [5, 5.41) is 0. The third-order valence-electron chi connectivity index (χ3n) is 5.17. The van der Waals surface area contributed by atoms with Crippen molar-refractivity contribution in [2.45, 2.75) is 38.6 Å². The molecule has 1 aliphatic heterocycles. The van der Waals surface area contributed by atoms with E-state index in [9.17, 15) is 0 Å². The van der Waals surface area contributed by atoms with E-state index in [1.54, 1.807) is 0 Å². The maximum atomic E-state index is 5.87. The number of nitrogens with two attached hydrogens (primary N) is 1. The molecule has 3 rings (SSSR count). The molecular weight excluding hydrogens is 258 g/mol. The van der Waals surface area contributed by atoms with E-state index >= 15 is 0 Å². The molecule has 1 saturated carbocycles. The summed E-state index contributed by atoms with van der Waals surface area (Å²) in [5.41, 5.74) is 8.49. The number of nitrogens with zero attached hydrogens (tertiary/aromatic N) is 2. The average molecular weight is 287 g/mol. The van der Waals surface area contributed by atoms with Crippen LogP contribution in [0.25, 0.3) is 0 Å². The molecular formula is C18H29N3. The Kier molecular flexibility index (Phi) is 5.15. The maximum absolute atomic E-state index is 5.87. The predicted octanol–water partition coefficient (Wildman–Crippen LogP) is 2.85. The Morgan fingerprint density at radius 1 is 0.952 bits per heavy atom. The van der Waals surface area contributed by atoms with Gasteiger partial charge in [0, 0.05) is 45.0 Å². The van der Waals surface area contributed by atoms with Crippen molar-refractivity contribution in [2.24, 2.45) is 11.7 Å². The van der Waals surface area contributed by atoms with Crippen LogP contribution in [-0.2, 0) is 6.54 Å². The number of rotatable bonds is 4. The van der Waals surface area contributed by atoms with Gasteiger partial charge in [0.1, 0.15) is 0 Å². The Bertz CT molecular complexity index is 432. The van der Waals surface area contributed by atoms with Crippen LogP contribution < -0.4 is 10.6 Å². The average Bonchev–Trinajstić information content (AvgIpc) is 2.56. The molecule has 0 aromatic heterocycles. The minimum Gasteiger partial charge on any atom is -0.369 e. The number of piperazine rings is 1. The lowest BCUT2D eigenvalue weighted by Crippen LogP contribution is -2.48. The lowest BCUT2D eigenvalue weighted by atomic mass is 9.89. The Hall–Kier alpha value is -1.06. The van der Waals surface area contributed by atoms with Crippen LogP contribution in [0.1, 0.15) is 37.7 Å². The van der Waals surface area contributed by atoms with E-state index in [0.29, 0.717) is 6.54 Å². The monoisotopic (exact) mass is 287 g/mol. The molecule has 1 saturated heterocycles. The van der Waals surface area contributed by atoms with Crippen LogP contribution in [0.5, 0.6) is 0 Å². The number of para-hydroxylation sites is 1. The summed E-state index contributed by atoms with van der Waals surface area (Å²) in [6.07, 6.45) is 7.27. The highest BCUT2D eigenvalue weighted by atomic mass is 15.3. The molecule has 0 radical (unpaired) electrons. The van der Waals surface area contributed by atoms with Crippen LogP contribution in [0.4, 0.5) is 5.69 Å². The van der Waals surface area contributed by atoms with Gasteiger partial charge in [-0.15, -0.1) is 0 Å². The van der Waals surface area contributed by atoms with Crippen LogP contribution in [0.3, 0.4) is 0 Å². The zero-order chi connectivity index (χ0) is 14.5. The van der Waals surface area contributed by atoms with Crippen molar-refractivity contribution < 1.29 is 0 Å². The zero-order valence-electron chi connectivity index (χ0n) is 13.1. The normalized spacial score (nSPS) is 21.7. The zero-order valence-corrected chi connectivity index (χ0v) is 13.1. The van der Waals surface area contributed by atoms with Crippen molar-refractivity contribution in [1.29, 1.82) is 0 Å². The summed E-state index contributed by atoms with van der Waals surface area (Å²) in [6.45, 7) is 6.66. The van der Waals surface area contributed by atoms with Crippen LogP contribution in [0.15, 0.2) is 24.3 Å². The second-order valence-corrected chi connectivity index (χ2v) is 6.62. The first-order chi connectivity index (χ1) is 10.4. The van der Waals surface area contributed by atoms with Gasteiger partial charge in [0.2, 0.25) is 0 Å². The van der Waals surface area contributed by atoms with E-state index in [2.05, 4.69) is 34.1 Å². The summed E-state index contributed by atoms with van der Waals surface area (Å²) >= 11 is 0. The van der Waals surface area contributed by atoms with Crippen LogP contribution in [0.2, 0.25) is 0 Å². The molecule has 1 aromatic carbocycles. The van der Waals surface area contributed by atoms with Gasteiger partial charge < -0.3 is 10.6 Å². The van der Waals surface area contributed by atoms with Gasteiger partial charge >= 0.3 is 0 Å². The van der Waals surface area contributed by atoms with E-state index in [-0.39, 0.29) is 0 Å². The molecule has 2 fully saturated rings. The molecule has 0 atom stereocenters. The fourth-order valence-electron chi connectivity index (χ4n) is 3.90. The van der Waals surface area contributed by atoms with Crippen molar-refractivity contribution in [3.63, 3.8) is 0 Å². The molecule has 0 amide bonds. The van der Waals surface area contributed by atoms with Crippen molar-refractivity contribution in [1.82, 2.24) is 4.90 Å². The minimum atomic E-state index is 0.637. The summed E-state index contributed by atoms with van der Waals surface area (Å²) in [7, 11) is 0. The molecule has 3 nitrogen and oxygen atoms in total. The van der Waals surface area contributed by atoms with Gasteiger partial charge in [-0.25, -0.2) is 0 Å². The highest BCUT2D eigenvalue weighted by Crippen LogP contribution is 2.26. The molecule has 3 heteroatoms. The van der Waals surface area contributed by atoms with E-state index in [1.165, 1.54) is 63.0 Å². The quantitative estimate of drug-likeness (QED) is 0.924. The number of hydrogen-bond acceptors (Lipinski definition) is 3. The van der Waals surface area contributed by atoms with Gasteiger partial charge in [-0.3, -0.25) is 4.90 Å². The Morgan fingerprint density at radius 2 is 1.67 bits per heavy atom. The molecule has 116 valence electrons. The van der Waals surface area contributed by atoms with Gasteiger partial charge in [0.25, 0.3) is 0 Å². The van der Waals surface area contributed by atoms with Gasteiger partial charge in [0.15, 0.2) is 0 Å². The molecule has 2 aliphatic rings. The lowest BCUT2D eigenvalue weighted by Gasteiger charge is -2.39. The van der Waals surface area contributed by atoms with E-state index in [1.807, 2.05) is 0 Å². The lowest BCUT2D eigenvalue weighted by molar-refractivity contribution is 0.192. The molecule has 21 heavy (non-hydrogen) atoms. The standard InChI is InChI=1S/C18H29N3/c19-14-17-8-4-5-9-18(17)21-12-10-20(11-13-21)15-16-6-2-1-3-7-16/h4-5,8-9,16H,1-3,6-7,10-15,19H2. The second-order valence-electron chi connectivity index (χ2n) is 6.62. The number of hydrogen-bond donors (Lipinski definition) is 1. The smallest absolute Gasteiger partial charge is 0.0412 e. The summed E-state index contributed by atoms with van der Waals surface area (Å²) in [6, 6.07) is 8.59. The largest absolute Gasteiger partial charge is 0.369 e. The first-order valence-corrected chi connectivity index (χ1v) is 8.62.